The smallest absolute Gasteiger partial charge is 0.303 e. The zero-order valence-corrected chi connectivity index (χ0v) is 20.5. The van der Waals surface area contributed by atoms with Gasteiger partial charge in [-0.3, -0.25) is 4.79 Å². The summed E-state index contributed by atoms with van der Waals surface area (Å²) in [5, 5.41) is 12.1. The minimum atomic E-state index is -0.662. The van der Waals surface area contributed by atoms with Gasteiger partial charge in [0.25, 0.3) is 0 Å². The van der Waals surface area contributed by atoms with Crippen LogP contribution in [-0.4, -0.2) is 24.2 Å². The monoisotopic (exact) mass is 463 g/mol. The molecule has 0 atom stereocenters. The maximum Gasteiger partial charge on any atom is 0.303 e. The molecule has 0 amide bonds. The molecule has 0 bridgehead atoms. The second-order valence-corrected chi connectivity index (χ2v) is 8.26. The lowest BCUT2D eigenvalue weighted by Crippen LogP contribution is -2.16. The topological polar surface area (TPSA) is 49.3 Å². The number of halogens is 1. The molecule has 0 saturated carbocycles. The highest BCUT2D eigenvalue weighted by Gasteiger charge is 1.97. The van der Waals surface area contributed by atoms with Crippen LogP contribution in [0.25, 0.3) is 0 Å². The van der Waals surface area contributed by atoms with E-state index in [1.165, 1.54) is 109 Å². The van der Waals surface area contributed by atoms with Crippen LogP contribution < -0.4 is 5.32 Å². The summed E-state index contributed by atoms with van der Waals surface area (Å²) >= 11 is 0. The molecule has 0 fully saturated rings. The summed E-state index contributed by atoms with van der Waals surface area (Å²) in [6, 6.07) is 0. The molecule has 0 saturated heterocycles. The van der Waals surface area contributed by atoms with Gasteiger partial charge < -0.3 is 10.4 Å². The number of carbonyl (C=O) groups is 1. The highest BCUT2D eigenvalue weighted by atomic mass is 79.9. The van der Waals surface area contributed by atoms with Crippen LogP contribution in [0.2, 0.25) is 0 Å². The highest BCUT2D eigenvalue weighted by molar-refractivity contribution is 8.93. The maximum atomic E-state index is 10.4. The minimum absolute atomic E-state index is 0. The second kappa shape index (κ2) is 26.9. The summed E-state index contributed by atoms with van der Waals surface area (Å²) in [6.45, 7) is 4.57. The van der Waals surface area contributed by atoms with Crippen LogP contribution in [0.4, 0.5) is 0 Å². The van der Waals surface area contributed by atoms with Gasteiger partial charge >= 0.3 is 5.97 Å². The Morgan fingerprint density at radius 3 is 1.25 bits per heavy atom. The molecular formula is C24H50BrNO2. The first-order valence-electron chi connectivity index (χ1n) is 12.2. The molecule has 0 heterocycles. The molecule has 4 heteroatoms. The number of carboxylic acids is 1. The third kappa shape index (κ3) is 28.1. The van der Waals surface area contributed by atoms with E-state index in [0.717, 1.165) is 25.9 Å². The molecule has 0 aliphatic heterocycles. The molecule has 0 spiro atoms. The van der Waals surface area contributed by atoms with Crippen molar-refractivity contribution in [2.75, 3.05) is 13.1 Å². The van der Waals surface area contributed by atoms with Gasteiger partial charge in [-0.05, 0) is 32.4 Å². The van der Waals surface area contributed by atoms with Gasteiger partial charge in [-0.1, -0.05) is 110 Å². The quantitative estimate of drug-likeness (QED) is 0.150. The Bertz CT molecular complexity index is 300. The highest BCUT2D eigenvalue weighted by Crippen LogP contribution is 2.12. The number of aliphatic carboxylic acids is 1. The lowest BCUT2D eigenvalue weighted by molar-refractivity contribution is -0.137. The predicted octanol–water partition coefficient (Wildman–Crippen LogP) is 8.06. The SMILES string of the molecule is Br.CCCCCCCCCCCCCCCCNCCCCCCCC(=O)O. The molecule has 28 heavy (non-hydrogen) atoms. The molecule has 0 aromatic carbocycles. The molecular weight excluding hydrogens is 414 g/mol. The van der Waals surface area contributed by atoms with Gasteiger partial charge in [-0.2, -0.15) is 0 Å². The lowest BCUT2D eigenvalue weighted by atomic mass is 10.0. The maximum absolute atomic E-state index is 10.4. The van der Waals surface area contributed by atoms with Crippen LogP contribution in [0.1, 0.15) is 135 Å². The zero-order chi connectivity index (χ0) is 19.8. The van der Waals surface area contributed by atoms with Crippen molar-refractivity contribution in [2.45, 2.75) is 135 Å². The standard InChI is InChI=1S/C24H49NO2.BrH/c1-2-3-4-5-6-7-8-9-10-11-12-13-16-19-22-25-23-20-17-14-15-18-21-24(26)27;/h25H,2-23H2,1H3,(H,26,27);1H. The Morgan fingerprint density at radius 2 is 0.893 bits per heavy atom. The molecule has 0 aliphatic carbocycles. The molecule has 3 nitrogen and oxygen atoms in total. The van der Waals surface area contributed by atoms with Gasteiger partial charge in [0.1, 0.15) is 0 Å². The Kier molecular flexibility index (Phi) is 28.9. The van der Waals surface area contributed by atoms with E-state index in [9.17, 15) is 4.79 Å². The van der Waals surface area contributed by atoms with E-state index in [1.807, 2.05) is 0 Å². The Labute approximate surface area is 186 Å². The number of rotatable bonds is 23. The molecule has 0 unspecified atom stereocenters. The van der Waals surface area contributed by atoms with Gasteiger partial charge in [0.2, 0.25) is 0 Å². The first kappa shape index (κ1) is 30.1. The van der Waals surface area contributed by atoms with Crippen LogP contribution in [0.3, 0.4) is 0 Å². The van der Waals surface area contributed by atoms with Crippen LogP contribution in [0, 0.1) is 0 Å². The summed E-state index contributed by atoms with van der Waals surface area (Å²) in [5.41, 5.74) is 0. The van der Waals surface area contributed by atoms with Crippen molar-refractivity contribution >= 4 is 23.0 Å². The van der Waals surface area contributed by atoms with Gasteiger partial charge in [-0.25, -0.2) is 0 Å². The van der Waals surface area contributed by atoms with Crippen molar-refractivity contribution in [3.63, 3.8) is 0 Å². The van der Waals surface area contributed by atoms with Gasteiger partial charge in [-0.15, -0.1) is 17.0 Å². The van der Waals surface area contributed by atoms with Gasteiger partial charge in [0.05, 0.1) is 0 Å². The number of hydrogen-bond acceptors (Lipinski definition) is 2. The average molecular weight is 465 g/mol. The normalized spacial score (nSPS) is 10.8. The summed E-state index contributed by atoms with van der Waals surface area (Å²) in [6.07, 6.45) is 25.7. The fourth-order valence-corrected chi connectivity index (χ4v) is 3.63. The molecule has 170 valence electrons. The molecule has 0 aromatic rings. The van der Waals surface area contributed by atoms with Crippen molar-refractivity contribution < 1.29 is 9.90 Å². The molecule has 2 N–H and O–H groups in total. The van der Waals surface area contributed by atoms with Crippen LogP contribution in [0.15, 0.2) is 0 Å². The van der Waals surface area contributed by atoms with E-state index in [-0.39, 0.29) is 17.0 Å². The van der Waals surface area contributed by atoms with Crippen molar-refractivity contribution in [1.29, 1.82) is 0 Å². The van der Waals surface area contributed by atoms with Crippen LogP contribution >= 0.6 is 17.0 Å². The summed E-state index contributed by atoms with van der Waals surface area (Å²) in [5.74, 6) is -0.662. The molecule has 0 aliphatic rings. The first-order chi connectivity index (χ1) is 13.3. The number of hydrogen-bond donors (Lipinski definition) is 2. The van der Waals surface area contributed by atoms with Gasteiger partial charge in [0, 0.05) is 6.42 Å². The van der Waals surface area contributed by atoms with E-state index in [0.29, 0.717) is 6.42 Å². The molecule has 0 aromatic heterocycles. The minimum Gasteiger partial charge on any atom is -0.481 e. The first-order valence-corrected chi connectivity index (χ1v) is 12.2. The summed E-state index contributed by atoms with van der Waals surface area (Å²) in [4.78, 5) is 10.4. The Morgan fingerprint density at radius 1 is 0.571 bits per heavy atom. The second-order valence-electron chi connectivity index (χ2n) is 8.26. The van der Waals surface area contributed by atoms with Crippen molar-refractivity contribution in [2.24, 2.45) is 0 Å². The van der Waals surface area contributed by atoms with E-state index in [4.69, 9.17) is 5.11 Å². The summed E-state index contributed by atoms with van der Waals surface area (Å²) in [7, 11) is 0. The zero-order valence-electron chi connectivity index (χ0n) is 18.8. The van der Waals surface area contributed by atoms with Crippen LogP contribution in [0.5, 0.6) is 0 Å². The lowest BCUT2D eigenvalue weighted by Gasteiger charge is -2.05. The third-order valence-corrected chi connectivity index (χ3v) is 5.45. The predicted molar refractivity (Wildman–Crippen MR) is 129 cm³/mol. The van der Waals surface area contributed by atoms with E-state index < -0.39 is 5.97 Å². The molecule has 0 rings (SSSR count). The number of unbranched alkanes of at least 4 members (excludes halogenated alkanes) is 17. The fourth-order valence-electron chi connectivity index (χ4n) is 3.63. The van der Waals surface area contributed by atoms with Crippen molar-refractivity contribution in [1.82, 2.24) is 5.32 Å². The number of carboxylic acid groups (broad SMARTS) is 1. The van der Waals surface area contributed by atoms with E-state index in [2.05, 4.69) is 12.2 Å². The van der Waals surface area contributed by atoms with E-state index >= 15 is 0 Å². The van der Waals surface area contributed by atoms with E-state index in [1.54, 1.807) is 0 Å². The Hall–Kier alpha value is -0.0900. The van der Waals surface area contributed by atoms with Crippen molar-refractivity contribution in [3.05, 3.63) is 0 Å². The fraction of sp³-hybridized carbons (Fsp3) is 0.958. The van der Waals surface area contributed by atoms with Crippen LogP contribution in [-0.2, 0) is 4.79 Å². The average Bonchev–Trinajstić information content (AvgIpc) is 2.65. The van der Waals surface area contributed by atoms with Crippen molar-refractivity contribution in [3.8, 4) is 0 Å². The third-order valence-electron chi connectivity index (χ3n) is 5.45. The number of nitrogens with one attached hydrogen (secondary N) is 1. The summed E-state index contributed by atoms with van der Waals surface area (Å²) < 4.78 is 0. The largest absolute Gasteiger partial charge is 0.481 e. The van der Waals surface area contributed by atoms with Gasteiger partial charge in [0.15, 0.2) is 0 Å². The Balaban J connectivity index is 0. The molecule has 0 radical (unpaired) electrons.